The summed E-state index contributed by atoms with van der Waals surface area (Å²) >= 11 is 0. The second-order valence-corrected chi connectivity index (χ2v) is 7.52. The topological polar surface area (TPSA) is 64.9 Å². The van der Waals surface area contributed by atoms with E-state index in [0.29, 0.717) is 12.1 Å². The Bertz CT molecular complexity index is 780. The fourth-order valence-corrected chi connectivity index (χ4v) is 4.61. The molecule has 5 heterocycles. The van der Waals surface area contributed by atoms with Gasteiger partial charge in [-0.25, -0.2) is 14.6 Å². The molecule has 1 N–H and O–H groups in total. The highest BCUT2D eigenvalue weighted by atomic mass is 16.5. The maximum absolute atomic E-state index is 5.98. The fourth-order valence-electron chi connectivity index (χ4n) is 4.61. The molecule has 2 aromatic heterocycles. The second kappa shape index (κ2) is 6.18. The van der Waals surface area contributed by atoms with Crippen LogP contribution >= 0.6 is 0 Å². The molecule has 25 heavy (non-hydrogen) atoms. The zero-order valence-electron chi connectivity index (χ0n) is 14.7. The number of nitrogens with zero attached hydrogens (tertiary/aromatic N) is 4. The lowest BCUT2D eigenvalue weighted by atomic mass is 9.83. The minimum atomic E-state index is 0.0332. The Morgan fingerprint density at radius 1 is 1.16 bits per heavy atom. The number of hydrogen-bond acceptors (Lipinski definition) is 5. The van der Waals surface area contributed by atoms with Gasteiger partial charge in [0.2, 0.25) is 0 Å². The van der Waals surface area contributed by atoms with Crippen LogP contribution in [0.25, 0.3) is 11.4 Å². The predicted octanol–water partition coefficient (Wildman–Crippen LogP) is 3.09. The van der Waals surface area contributed by atoms with Gasteiger partial charge < -0.3 is 10.1 Å². The third-order valence-electron chi connectivity index (χ3n) is 5.76. The number of hydrogen-bond donors (Lipinski definition) is 1. The van der Waals surface area contributed by atoms with Crippen LogP contribution in [-0.2, 0) is 11.2 Å². The first-order valence-electron chi connectivity index (χ1n) is 9.58. The summed E-state index contributed by atoms with van der Waals surface area (Å²) in [5, 5.41) is 8.33. The van der Waals surface area contributed by atoms with Crippen molar-refractivity contribution >= 4 is 0 Å². The molecule has 2 aromatic rings. The van der Waals surface area contributed by atoms with Gasteiger partial charge in [-0.3, -0.25) is 0 Å². The standard InChI is InChI=1S/C19H25N5O/c1-12-21-18-14(11-13-5-4-6-15(18)23-13)19(22-12)16-8-9-20-24(16)17-7-2-3-10-25-17/h8-9,13,15,17,23H,2-7,10-11H2,1H3. The molecule has 0 aromatic carbocycles. The van der Waals surface area contributed by atoms with Crippen LogP contribution in [-0.4, -0.2) is 32.4 Å². The smallest absolute Gasteiger partial charge is 0.150 e. The first-order valence-corrected chi connectivity index (χ1v) is 9.58. The van der Waals surface area contributed by atoms with Gasteiger partial charge in [-0.1, -0.05) is 0 Å². The van der Waals surface area contributed by atoms with Crippen molar-refractivity contribution < 1.29 is 4.74 Å². The Hall–Kier alpha value is -1.79. The third-order valence-corrected chi connectivity index (χ3v) is 5.76. The van der Waals surface area contributed by atoms with E-state index in [1.165, 1.54) is 36.9 Å². The van der Waals surface area contributed by atoms with E-state index in [4.69, 9.17) is 14.7 Å². The van der Waals surface area contributed by atoms with Crippen LogP contribution in [0.1, 0.15) is 67.9 Å². The SMILES string of the molecule is Cc1nc(-c2ccnn2C2CCCCO2)c2c(n1)C1CCCC(C2)N1. The molecule has 5 rings (SSSR count). The van der Waals surface area contributed by atoms with Crippen LogP contribution in [0.5, 0.6) is 0 Å². The van der Waals surface area contributed by atoms with E-state index in [2.05, 4.69) is 16.5 Å². The molecule has 2 saturated heterocycles. The highest BCUT2D eigenvalue weighted by Gasteiger charge is 2.34. The normalized spacial score (nSPS) is 28.6. The van der Waals surface area contributed by atoms with Crippen molar-refractivity contribution in [2.75, 3.05) is 6.61 Å². The minimum absolute atomic E-state index is 0.0332. The van der Waals surface area contributed by atoms with E-state index in [0.717, 1.165) is 43.1 Å². The lowest BCUT2D eigenvalue weighted by Crippen LogP contribution is -2.43. The van der Waals surface area contributed by atoms with Crippen LogP contribution in [0.3, 0.4) is 0 Å². The fraction of sp³-hybridized carbons (Fsp3) is 0.632. The summed E-state index contributed by atoms with van der Waals surface area (Å²) in [6.07, 6.45) is 9.98. The molecule has 0 amide bonds. The van der Waals surface area contributed by atoms with Crippen molar-refractivity contribution in [2.24, 2.45) is 0 Å². The lowest BCUT2D eigenvalue weighted by molar-refractivity contribution is -0.0384. The molecule has 3 atom stereocenters. The van der Waals surface area contributed by atoms with Crippen LogP contribution < -0.4 is 5.32 Å². The van der Waals surface area contributed by atoms with Gasteiger partial charge in [0.05, 0.1) is 23.1 Å². The minimum Gasteiger partial charge on any atom is -0.356 e. The molecule has 2 fully saturated rings. The number of ether oxygens (including phenoxy) is 1. The van der Waals surface area contributed by atoms with Gasteiger partial charge in [0.25, 0.3) is 0 Å². The van der Waals surface area contributed by atoms with E-state index in [-0.39, 0.29) is 6.23 Å². The highest BCUT2D eigenvalue weighted by molar-refractivity contribution is 5.61. The largest absolute Gasteiger partial charge is 0.356 e. The van der Waals surface area contributed by atoms with Gasteiger partial charge in [-0.2, -0.15) is 5.10 Å². The third kappa shape index (κ3) is 2.68. The molecule has 3 aliphatic heterocycles. The molecule has 3 unspecified atom stereocenters. The van der Waals surface area contributed by atoms with Crippen LogP contribution in [0.2, 0.25) is 0 Å². The summed E-state index contributed by atoms with van der Waals surface area (Å²) in [6, 6.07) is 3.02. The van der Waals surface area contributed by atoms with E-state index < -0.39 is 0 Å². The number of rotatable bonds is 2. The summed E-state index contributed by atoms with van der Waals surface area (Å²) in [4.78, 5) is 9.67. The molecule has 0 spiro atoms. The Labute approximate surface area is 148 Å². The molecule has 0 radical (unpaired) electrons. The van der Waals surface area contributed by atoms with Gasteiger partial charge >= 0.3 is 0 Å². The highest BCUT2D eigenvalue weighted by Crippen LogP contribution is 2.38. The summed E-state index contributed by atoms with van der Waals surface area (Å²) in [5.74, 6) is 0.844. The Morgan fingerprint density at radius 3 is 3.00 bits per heavy atom. The van der Waals surface area contributed by atoms with Gasteiger partial charge in [-0.15, -0.1) is 0 Å². The molecule has 0 saturated carbocycles. The molecule has 2 bridgehead atoms. The van der Waals surface area contributed by atoms with Gasteiger partial charge in [0, 0.05) is 24.4 Å². The molecule has 6 heteroatoms. The van der Waals surface area contributed by atoms with Gasteiger partial charge in [0.15, 0.2) is 6.23 Å². The number of piperidine rings is 1. The van der Waals surface area contributed by atoms with Gasteiger partial charge in [-0.05, 0) is 57.9 Å². The van der Waals surface area contributed by atoms with E-state index in [9.17, 15) is 0 Å². The van der Waals surface area contributed by atoms with Crippen molar-refractivity contribution in [3.05, 3.63) is 29.3 Å². The summed E-state index contributed by atoms with van der Waals surface area (Å²) in [6.45, 7) is 2.81. The van der Waals surface area contributed by atoms with Crippen molar-refractivity contribution in [3.63, 3.8) is 0 Å². The zero-order valence-corrected chi connectivity index (χ0v) is 14.7. The second-order valence-electron chi connectivity index (χ2n) is 7.52. The molecular formula is C19H25N5O. The van der Waals surface area contributed by atoms with Crippen LogP contribution in [0.4, 0.5) is 0 Å². The number of aryl methyl sites for hydroxylation is 1. The number of fused-ring (bicyclic) bond motifs is 4. The molecular weight excluding hydrogens is 314 g/mol. The van der Waals surface area contributed by atoms with Gasteiger partial charge in [0.1, 0.15) is 5.82 Å². The maximum atomic E-state index is 5.98. The average molecular weight is 339 g/mol. The predicted molar refractivity (Wildman–Crippen MR) is 94.0 cm³/mol. The molecule has 0 aliphatic carbocycles. The number of aromatic nitrogens is 4. The average Bonchev–Trinajstić information content (AvgIpc) is 3.13. The zero-order chi connectivity index (χ0) is 16.8. The first-order chi connectivity index (χ1) is 12.3. The van der Waals surface area contributed by atoms with E-state index in [1.54, 1.807) is 0 Å². The monoisotopic (exact) mass is 339 g/mol. The summed E-state index contributed by atoms with van der Waals surface area (Å²) in [7, 11) is 0. The van der Waals surface area contributed by atoms with Crippen molar-refractivity contribution in [2.45, 2.75) is 70.2 Å². The Kier molecular flexibility index (Phi) is 3.82. The van der Waals surface area contributed by atoms with Crippen LogP contribution in [0.15, 0.2) is 12.3 Å². The lowest BCUT2D eigenvalue weighted by Gasteiger charge is -2.37. The molecule has 3 aliphatic rings. The van der Waals surface area contributed by atoms with Crippen LogP contribution in [0, 0.1) is 6.92 Å². The first kappa shape index (κ1) is 15.5. The van der Waals surface area contributed by atoms with Crippen molar-refractivity contribution in [1.29, 1.82) is 0 Å². The van der Waals surface area contributed by atoms with Crippen molar-refractivity contribution in [1.82, 2.24) is 25.1 Å². The summed E-state index contributed by atoms with van der Waals surface area (Å²) in [5.41, 5.74) is 4.66. The maximum Gasteiger partial charge on any atom is 0.150 e. The number of nitrogens with one attached hydrogen (secondary N) is 1. The molecule has 132 valence electrons. The van der Waals surface area contributed by atoms with E-state index >= 15 is 0 Å². The summed E-state index contributed by atoms with van der Waals surface area (Å²) < 4.78 is 8.02. The Morgan fingerprint density at radius 2 is 2.12 bits per heavy atom. The Balaban J connectivity index is 1.61. The van der Waals surface area contributed by atoms with Crippen molar-refractivity contribution in [3.8, 4) is 11.4 Å². The van der Waals surface area contributed by atoms with E-state index in [1.807, 2.05) is 17.8 Å². The molecule has 6 nitrogen and oxygen atoms in total. The quantitative estimate of drug-likeness (QED) is 0.911.